The van der Waals surface area contributed by atoms with E-state index in [1.165, 1.54) is 11.8 Å². The molecule has 1 amide bonds. The lowest BCUT2D eigenvalue weighted by Gasteiger charge is -2.15. The lowest BCUT2D eigenvalue weighted by Crippen LogP contribution is -2.43. The number of hydrogen-bond acceptors (Lipinski definition) is 4. The highest BCUT2D eigenvalue weighted by molar-refractivity contribution is 7.99. The van der Waals surface area contributed by atoms with Crippen LogP contribution in [0.3, 0.4) is 0 Å². The molecule has 1 rings (SSSR count). The Morgan fingerprint density at radius 2 is 2.33 bits per heavy atom. The van der Waals surface area contributed by atoms with Gasteiger partial charge in [-0.3, -0.25) is 4.79 Å². The Morgan fingerprint density at radius 1 is 1.67 bits per heavy atom. The molecule has 2 unspecified atom stereocenters. The van der Waals surface area contributed by atoms with Crippen molar-refractivity contribution in [3.8, 4) is 0 Å². The van der Waals surface area contributed by atoms with E-state index < -0.39 is 11.9 Å². The van der Waals surface area contributed by atoms with Crippen LogP contribution in [0.1, 0.15) is 12.7 Å². The van der Waals surface area contributed by atoms with E-state index in [-0.39, 0.29) is 5.25 Å². The maximum Gasteiger partial charge on any atom is 0.235 e. The molecule has 2 atom stereocenters. The lowest BCUT2D eigenvalue weighted by molar-refractivity contribution is -0.119. The molecule has 15 heavy (non-hydrogen) atoms. The van der Waals surface area contributed by atoms with E-state index in [1.54, 1.807) is 12.1 Å². The van der Waals surface area contributed by atoms with Gasteiger partial charge in [0.2, 0.25) is 5.91 Å². The fourth-order valence-corrected chi connectivity index (χ4v) is 2.06. The van der Waals surface area contributed by atoms with Crippen LogP contribution in [0.25, 0.3) is 0 Å². The van der Waals surface area contributed by atoms with Crippen molar-refractivity contribution in [1.29, 1.82) is 0 Å². The van der Waals surface area contributed by atoms with Gasteiger partial charge >= 0.3 is 0 Å². The second kappa shape index (κ2) is 5.44. The number of halogens is 1. The zero-order chi connectivity index (χ0) is 11.4. The molecule has 0 aliphatic carbocycles. The molecular weight excluding hydrogens is 236 g/mol. The summed E-state index contributed by atoms with van der Waals surface area (Å²) in [7, 11) is 0. The van der Waals surface area contributed by atoms with Crippen LogP contribution in [0.15, 0.2) is 16.5 Å². The van der Waals surface area contributed by atoms with Crippen LogP contribution in [-0.2, 0) is 10.5 Å². The molecule has 0 aromatic carbocycles. The summed E-state index contributed by atoms with van der Waals surface area (Å²) >= 11 is 7.12. The average Bonchev–Trinajstić information content (AvgIpc) is 2.59. The minimum Gasteiger partial charge on any atom is -0.449 e. The zero-order valence-electron chi connectivity index (χ0n) is 8.27. The summed E-state index contributed by atoms with van der Waals surface area (Å²) in [6.07, 6.45) is 0. The van der Waals surface area contributed by atoms with Crippen LogP contribution in [0.2, 0.25) is 5.22 Å². The minimum atomic E-state index is -0.638. The molecule has 0 spiro atoms. The highest BCUT2D eigenvalue weighted by Crippen LogP contribution is 2.22. The Labute approximate surface area is 97.3 Å². The van der Waals surface area contributed by atoms with Crippen molar-refractivity contribution in [3.05, 3.63) is 23.1 Å². The lowest BCUT2D eigenvalue weighted by atomic mass is 10.2. The van der Waals surface area contributed by atoms with Gasteiger partial charge in [-0.1, -0.05) is 6.92 Å². The first-order chi connectivity index (χ1) is 7.00. The van der Waals surface area contributed by atoms with Gasteiger partial charge in [0.05, 0.1) is 11.8 Å². The molecule has 1 heterocycles. The van der Waals surface area contributed by atoms with E-state index >= 15 is 0 Å². The van der Waals surface area contributed by atoms with Crippen LogP contribution >= 0.6 is 23.4 Å². The van der Waals surface area contributed by atoms with Gasteiger partial charge in [0.25, 0.3) is 0 Å². The summed E-state index contributed by atoms with van der Waals surface area (Å²) in [5.74, 6) is 0.885. The zero-order valence-corrected chi connectivity index (χ0v) is 9.85. The van der Waals surface area contributed by atoms with E-state index in [0.717, 1.165) is 5.76 Å². The average molecular weight is 249 g/mol. The van der Waals surface area contributed by atoms with Gasteiger partial charge < -0.3 is 15.9 Å². The van der Waals surface area contributed by atoms with E-state index in [9.17, 15) is 4.79 Å². The van der Waals surface area contributed by atoms with E-state index in [1.807, 2.05) is 6.92 Å². The minimum absolute atomic E-state index is 0.0497. The summed E-state index contributed by atoms with van der Waals surface area (Å²) in [4.78, 5) is 10.8. The molecule has 0 aliphatic rings. The van der Waals surface area contributed by atoms with Gasteiger partial charge in [-0.05, 0) is 23.7 Å². The first kappa shape index (κ1) is 12.4. The van der Waals surface area contributed by atoms with Crippen molar-refractivity contribution in [2.45, 2.75) is 24.0 Å². The third kappa shape index (κ3) is 3.77. The fourth-order valence-electron chi connectivity index (χ4n) is 0.978. The summed E-state index contributed by atoms with van der Waals surface area (Å²) in [5.41, 5.74) is 10.7. The number of furan rings is 1. The van der Waals surface area contributed by atoms with Crippen LogP contribution in [-0.4, -0.2) is 17.2 Å². The molecule has 0 saturated heterocycles. The number of amides is 1. The Hall–Kier alpha value is -0.650. The summed E-state index contributed by atoms with van der Waals surface area (Å²) in [6, 6.07) is 2.83. The van der Waals surface area contributed by atoms with Crippen LogP contribution in [0.4, 0.5) is 0 Å². The summed E-state index contributed by atoms with van der Waals surface area (Å²) in [5, 5.41) is 0.309. The van der Waals surface area contributed by atoms with Crippen LogP contribution in [0.5, 0.6) is 0 Å². The molecule has 4 nitrogen and oxygen atoms in total. The fraction of sp³-hybridized carbons (Fsp3) is 0.444. The first-order valence-electron chi connectivity index (χ1n) is 4.41. The van der Waals surface area contributed by atoms with Gasteiger partial charge in [-0.2, -0.15) is 0 Å². The number of hydrogen-bond donors (Lipinski definition) is 2. The quantitative estimate of drug-likeness (QED) is 0.825. The van der Waals surface area contributed by atoms with Crippen molar-refractivity contribution in [2.75, 3.05) is 0 Å². The number of carbonyl (C=O) groups excluding carboxylic acids is 1. The molecular formula is C9H13ClN2O2S. The number of carbonyl (C=O) groups is 1. The topological polar surface area (TPSA) is 82.2 Å². The van der Waals surface area contributed by atoms with Gasteiger partial charge in [0.1, 0.15) is 5.76 Å². The van der Waals surface area contributed by atoms with Crippen LogP contribution in [0, 0.1) is 0 Å². The van der Waals surface area contributed by atoms with Crippen LogP contribution < -0.4 is 11.5 Å². The maximum atomic E-state index is 10.8. The number of nitrogens with two attached hydrogens (primary N) is 2. The van der Waals surface area contributed by atoms with Crippen molar-refractivity contribution in [2.24, 2.45) is 11.5 Å². The Bertz CT molecular complexity index is 343. The summed E-state index contributed by atoms with van der Waals surface area (Å²) < 4.78 is 5.16. The molecule has 0 radical (unpaired) electrons. The standard InChI is InChI=1S/C9H13ClN2O2S/c1-5(8(11)9(12)13)15-4-6-2-3-7(10)14-6/h2-3,5,8H,4,11H2,1H3,(H2,12,13). The van der Waals surface area contributed by atoms with E-state index in [2.05, 4.69) is 0 Å². The third-order valence-corrected chi connectivity index (χ3v) is 3.42. The second-order valence-corrected chi connectivity index (χ2v) is 4.89. The Morgan fingerprint density at radius 3 is 2.80 bits per heavy atom. The van der Waals surface area contributed by atoms with E-state index in [0.29, 0.717) is 11.0 Å². The summed E-state index contributed by atoms with van der Waals surface area (Å²) in [6.45, 7) is 1.85. The van der Waals surface area contributed by atoms with Gasteiger partial charge in [-0.15, -0.1) is 11.8 Å². The smallest absolute Gasteiger partial charge is 0.235 e. The predicted molar refractivity (Wildman–Crippen MR) is 61.6 cm³/mol. The molecule has 6 heteroatoms. The van der Waals surface area contributed by atoms with Gasteiger partial charge in [0.15, 0.2) is 5.22 Å². The normalized spacial score (nSPS) is 14.9. The van der Waals surface area contributed by atoms with Crippen molar-refractivity contribution < 1.29 is 9.21 Å². The maximum absolute atomic E-state index is 10.8. The third-order valence-electron chi connectivity index (χ3n) is 1.95. The van der Waals surface area contributed by atoms with Gasteiger partial charge in [-0.25, -0.2) is 0 Å². The number of primary amides is 1. The molecule has 0 saturated carbocycles. The van der Waals surface area contributed by atoms with Crippen molar-refractivity contribution in [1.82, 2.24) is 0 Å². The predicted octanol–water partition coefficient (Wildman–Crippen LogP) is 1.37. The molecule has 1 aromatic heterocycles. The molecule has 0 bridgehead atoms. The van der Waals surface area contributed by atoms with E-state index in [4.69, 9.17) is 27.5 Å². The number of thioether (sulfide) groups is 1. The Kier molecular flexibility index (Phi) is 4.50. The van der Waals surface area contributed by atoms with Gasteiger partial charge in [0, 0.05) is 5.25 Å². The highest BCUT2D eigenvalue weighted by Gasteiger charge is 2.18. The molecule has 1 aromatic rings. The number of rotatable bonds is 5. The van der Waals surface area contributed by atoms with Crippen molar-refractivity contribution >= 4 is 29.3 Å². The molecule has 0 aliphatic heterocycles. The SMILES string of the molecule is CC(SCc1ccc(Cl)o1)C(N)C(N)=O. The largest absolute Gasteiger partial charge is 0.449 e. The van der Waals surface area contributed by atoms with Crippen molar-refractivity contribution in [3.63, 3.8) is 0 Å². The monoisotopic (exact) mass is 248 g/mol. The second-order valence-electron chi connectivity index (χ2n) is 3.15. The molecule has 0 fully saturated rings. The molecule has 4 N–H and O–H groups in total. The Balaban J connectivity index is 2.40. The molecule has 84 valence electrons. The first-order valence-corrected chi connectivity index (χ1v) is 5.84. The highest BCUT2D eigenvalue weighted by atomic mass is 35.5.